The molecule has 3 rings (SSSR count). The van der Waals surface area contributed by atoms with Crippen molar-refractivity contribution in [3.05, 3.63) is 42.7 Å². The van der Waals surface area contributed by atoms with E-state index in [9.17, 15) is 0 Å². The number of methoxy groups -OCH3 is 2. The lowest BCUT2D eigenvalue weighted by Crippen LogP contribution is -1.89. The van der Waals surface area contributed by atoms with Gasteiger partial charge in [-0.2, -0.15) is 0 Å². The number of hydrogen-bond donors (Lipinski definition) is 0. The van der Waals surface area contributed by atoms with Gasteiger partial charge < -0.3 is 13.9 Å². The summed E-state index contributed by atoms with van der Waals surface area (Å²) in [5.74, 6) is 2.15. The van der Waals surface area contributed by atoms with Crippen LogP contribution >= 0.6 is 0 Å². The molecule has 0 aliphatic carbocycles. The second kappa shape index (κ2) is 4.65. The Hall–Kier alpha value is -2.49. The van der Waals surface area contributed by atoms with Gasteiger partial charge in [0.2, 0.25) is 0 Å². The van der Waals surface area contributed by atoms with Crippen LogP contribution in [0.25, 0.3) is 22.3 Å². The average molecular weight is 255 g/mol. The lowest BCUT2D eigenvalue weighted by atomic mass is 10.2. The van der Waals surface area contributed by atoms with Crippen molar-refractivity contribution in [3.63, 3.8) is 0 Å². The zero-order chi connectivity index (χ0) is 13.2. The minimum Gasteiger partial charge on any atom is -0.493 e. The van der Waals surface area contributed by atoms with Crippen LogP contribution in [0.2, 0.25) is 0 Å². The van der Waals surface area contributed by atoms with E-state index in [1.807, 2.05) is 30.3 Å². The van der Waals surface area contributed by atoms with Gasteiger partial charge in [-0.15, -0.1) is 0 Å². The molecule has 0 bridgehead atoms. The minimum absolute atomic E-state index is 0.658. The summed E-state index contributed by atoms with van der Waals surface area (Å²) in [6, 6.07) is 9.53. The quantitative estimate of drug-likeness (QED) is 0.718. The highest BCUT2D eigenvalue weighted by atomic mass is 16.5. The molecule has 2 heterocycles. The first-order chi connectivity index (χ1) is 9.31. The van der Waals surface area contributed by atoms with Gasteiger partial charge in [0.1, 0.15) is 11.3 Å². The molecule has 2 aromatic heterocycles. The molecule has 0 radical (unpaired) electrons. The lowest BCUT2D eigenvalue weighted by molar-refractivity contribution is 0.355. The Kier molecular flexibility index (Phi) is 2.83. The standard InChI is InChI=1S/C15H13NO3/c1-17-14-8-11-7-12(10-3-5-16-6-4-10)19-13(11)9-15(14)18-2/h3-9H,1-2H3. The Balaban J connectivity index is 2.16. The largest absolute Gasteiger partial charge is 0.493 e. The number of ether oxygens (including phenoxy) is 2. The third kappa shape index (κ3) is 2.01. The van der Waals surface area contributed by atoms with Gasteiger partial charge >= 0.3 is 0 Å². The van der Waals surface area contributed by atoms with Gasteiger partial charge in [-0.3, -0.25) is 4.98 Å². The summed E-state index contributed by atoms with van der Waals surface area (Å²) in [5.41, 5.74) is 1.76. The first-order valence-electron chi connectivity index (χ1n) is 5.88. The topological polar surface area (TPSA) is 44.5 Å². The van der Waals surface area contributed by atoms with Crippen molar-refractivity contribution in [3.8, 4) is 22.8 Å². The normalized spacial score (nSPS) is 10.6. The van der Waals surface area contributed by atoms with Crippen molar-refractivity contribution in [1.82, 2.24) is 4.98 Å². The molecule has 0 atom stereocenters. The molecule has 0 fully saturated rings. The summed E-state index contributed by atoms with van der Waals surface area (Å²) >= 11 is 0. The van der Waals surface area contributed by atoms with Crippen molar-refractivity contribution in [2.24, 2.45) is 0 Å². The maximum absolute atomic E-state index is 5.83. The van der Waals surface area contributed by atoms with E-state index in [-0.39, 0.29) is 0 Å². The molecule has 0 saturated carbocycles. The van der Waals surface area contributed by atoms with Crippen molar-refractivity contribution in [2.75, 3.05) is 14.2 Å². The van der Waals surface area contributed by atoms with E-state index in [0.29, 0.717) is 11.5 Å². The maximum Gasteiger partial charge on any atom is 0.164 e. The molecule has 0 spiro atoms. The van der Waals surface area contributed by atoms with E-state index in [1.165, 1.54) is 0 Å². The van der Waals surface area contributed by atoms with E-state index < -0.39 is 0 Å². The maximum atomic E-state index is 5.83. The monoisotopic (exact) mass is 255 g/mol. The van der Waals surface area contributed by atoms with E-state index >= 15 is 0 Å². The second-order valence-corrected chi connectivity index (χ2v) is 4.09. The van der Waals surface area contributed by atoms with Crippen LogP contribution in [0.15, 0.2) is 47.1 Å². The van der Waals surface area contributed by atoms with E-state index in [0.717, 1.165) is 22.3 Å². The summed E-state index contributed by atoms with van der Waals surface area (Å²) in [5, 5.41) is 0.976. The fourth-order valence-corrected chi connectivity index (χ4v) is 2.02. The summed E-state index contributed by atoms with van der Waals surface area (Å²) in [6.45, 7) is 0. The Morgan fingerprint density at radius 1 is 0.947 bits per heavy atom. The van der Waals surface area contributed by atoms with Crippen molar-refractivity contribution in [2.45, 2.75) is 0 Å². The fourth-order valence-electron chi connectivity index (χ4n) is 2.02. The van der Waals surface area contributed by atoms with E-state index in [4.69, 9.17) is 13.9 Å². The van der Waals surface area contributed by atoms with Crippen LogP contribution in [-0.2, 0) is 0 Å². The number of benzene rings is 1. The Morgan fingerprint density at radius 2 is 1.63 bits per heavy atom. The summed E-state index contributed by atoms with van der Waals surface area (Å²) in [7, 11) is 3.23. The number of hydrogen-bond acceptors (Lipinski definition) is 4. The molecular weight excluding hydrogens is 242 g/mol. The zero-order valence-electron chi connectivity index (χ0n) is 10.7. The van der Waals surface area contributed by atoms with Crippen LogP contribution in [0, 0.1) is 0 Å². The average Bonchev–Trinajstić information content (AvgIpc) is 2.89. The predicted molar refractivity (Wildman–Crippen MR) is 72.5 cm³/mol. The fraction of sp³-hybridized carbons (Fsp3) is 0.133. The molecule has 0 aliphatic heterocycles. The van der Waals surface area contributed by atoms with Crippen LogP contribution in [0.1, 0.15) is 0 Å². The van der Waals surface area contributed by atoms with Gasteiger partial charge in [0.05, 0.1) is 14.2 Å². The highest BCUT2D eigenvalue weighted by Crippen LogP contribution is 2.35. The Labute approximate surface area is 110 Å². The molecule has 0 aliphatic rings. The van der Waals surface area contributed by atoms with E-state index in [1.54, 1.807) is 26.6 Å². The van der Waals surface area contributed by atoms with Crippen LogP contribution in [-0.4, -0.2) is 19.2 Å². The third-order valence-corrected chi connectivity index (χ3v) is 2.99. The van der Waals surface area contributed by atoms with Crippen LogP contribution in [0.5, 0.6) is 11.5 Å². The molecule has 3 aromatic rings. The molecule has 1 aromatic carbocycles. The van der Waals surface area contributed by atoms with Gasteiger partial charge in [-0.25, -0.2) is 0 Å². The first-order valence-corrected chi connectivity index (χ1v) is 5.88. The molecule has 0 amide bonds. The molecule has 4 heteroatoms. The van der Waals surface area contributed by atoms with Gasteiger partial charge in [-0.1, -0.05) is 0 Å². The molecule has 4 nitrogen and oxygen atoms in total. The highest BCUT2D eigenvalue weighted by Gasteiger charge is 2.11. The molecule has 0 N–H and O–H groups in total. The van der Waals surface area contributed by atoms with Crippen molar-refractivity contribution >= 4 is 11.0 Å². The Morgan fingerprint density at radius 3 is 2.32 bits per heavy atom. The number of fused-ring (bicyclic) bond motifs is 1. The summed E-state index contributed by atoms with van der Waals surface area (Å²) in [6.07, 6.45) is 3.48. The van der Waals surface area contributed by atoms with Gasteiger partial charge in [0, 0.05) is 29.4 Å². The van der Waals surface area contributed by atoms with Crippen molar-refractivity contribution < 1.29 is 13.9 Å². The van der Waals surface area contributed by atoms with E-state index in [2.05, 4.69) is 4.98 Å². The van der Waals surface area contributed by atoms with Crippen LogP contribution in [0.3, 0.4) is 0 Å². The van der Waals surface area contributed by atoms with Gasteiger partial charge in [-0.05, 0) is 24.3 Å². The SMILES string of the molecule is COc1cc2cc(-c3ccncc3)oc2cc1OC. The Bertz CT molecular complexity index is 663. The molecular formula is C15H13NO3. The lowest BCUT2D eigenvalue weighted by Gasteiger charge is -2.06. The summed E-state index contributed by atoms with van der Waals surface area (Å²) < 4.78 is 16.4. The summed E-state index contributed by atoms with van der Waals surface area (Å²) in [4.78, 5) is 4.00. The third-order valence-electron chi connectivity index (χ3n) is 2.99. The molecule has 0 saturated heterocycles. The number of furan rings is 1. The van der Waals surface area contributed by atoms with Gasteiger partial charge in [0.15, 0.2) is 11.5 Å². The van der Waals surface area contributed by atoms with Crippen molar-refractivity contribution in [1.29, 1.82) is 0 Å². The second-order valence-electron chi connectivity index (χ2n) is 4.09. The number of pyridine rings is 1. The molecule has 96 valence electrons. The molecule has 19 heavy (non-hydrogen) atoms. The van der Waals surface area contributed by atoms with Crippen LogP contribution in [0.4, 0.5) is 0 Å². The molecule has 0 unspecified atom stereocenters. The zero-order valence-corrected chi connectivity index (χ0v) is 10.7. The predicted octanol–water partition coefficient (Wildman–Crippen LogP) is 3.51. The first kappa shape index (κ1) is 11.6. The van der Waals surface area contributed by atoms with Gasteiger partial charge in [0.25, 0.3) is 0 Å². The highest BCUT2D eigenvalue weighted by molar-refractivity contribution is 5.85. The number of rotatable bonds is 3. The van der Waals surface area contributed by atoms with Crippen LogP contribution < -0.4 is 9.47 Å². The number of aromatic nitrogens is 1. The minimum atomic E-state index is 0.658. The smallest absolute Gasteiger partial charge is 0.164 e. The number of nitrogens with zero attached hydrogens (tertiary/aromatic N) is 1.